The fourth-order valence-electron chi connectivity index (χ4n) is 0. The molecule has 0 fully saturated rings. The van der Waals surface area contributed by atoms with Crippen molar-refractivity contribution in [2.45, 2.75) is 0 Å². The largest absolute Gasteiger partial charge is 2.00 e. The molecule has 0 saturated carbocycles. The SMILES string of the molecule is F.[B].[Be+2].[H-].[H-].[H-].[Rb+]. The molecular weight excluding hydrogens is 124 g/mol. The van der Waals surface area contributed by atoms with Gasteiger partial charge in [0.15, 0.2) is 0 Å². The molecule has 0 aromatic rings. The van der Waals surface area contributed by atoms with Gasteiger partial charge in [0, 0.05) is 8.41 Å². The number of hydrogen-bond acceptors (Lipinski definition) is 0. The van der Waals surface area contributed by atoms with Crippen LogP contribution in [0.1, 0.15) is 4.28 Å². The number of halogens is 1. The van der Waals surface area contributed by atoms with E-state index in [1.807, 2.05) is 0 Å². The van der Waals surface area contributed by atoms with Gasteiger partial charge in [0.05, 0.1) is 0 Å². The van der Waals surface area contributed by atoms with Crippen LogP contribution in [-0.4, -0.2) is 18.5 Å². The van der Waals surface area contributed by atoms with E-state index in [2.05, 4.69) is 0 Å². The summed E-state index contributed by atoms with van der Waals surface area (Å²) in [5, 5.41) is 0. The Bertz CT molecular complexity index is 14.9. The Morgan fingerprint density at radius 3 is 1.25 bits per heavy atom. The van der Waals surface area contributed by atoms with E-state index in [0.717, 1.165) is 0 Å². The maximum Gasteiger partial charge on any atom is 2.00 e. The molecule has 0 amide bonds. The molecule has 0 N–H and O–H groups in total. The van der Waals surface area contributed by atoms with Gasteiger partial charge in [-0.25, -0.2) is 0 Å². The van der Waals surface area contributed by atoms with Crippen LogP contribution in [-0.2, 0) is 0 Å². The van der Waals surface area contributed by atoms with Crippen molar-refractivity contribution < 1.29 is 67.2 Å². The van der Waals surface area contributed by atoms with Crippen molar-refractivity contribution in [2.75, 3.05) is 0 Å². The third-order valence-corrected chi connectivity index (χ3v) is 0. The van der Waals surface area contributed by atoms with Crippen molar-refractivity contribution >= 4 is 18.5 Å². The zero-order valence-corrected chi connectivity index (χ0v) is 7.61. The van der Waals surface area contributed by atoms with Crippen molar-refractivity contribution in [2.24, 2.45) is 0 Å². The summed E-state index contributed by atoms with van der Waals surface area (Å²) in [6.07, 6.45) is 0. The van der Waals surface area contributed by atoms with Crippen LogP contribution in [0.2, 0.25) is 0 Å². The van der Waals surface area contributed by atoms with Crippen LogP contribution in [0.4, 0.5) is 4.70 Å². The smallest absolute Gasteiger partial charge is 1.00 e. The summed E-state index contributed by atoms with van der Waals surface area (Å²) in [4.78, 5) is 0. The molecule has 0 aromatic carbocycles. The molecule has 0 heterocycles. The summed E-state index contributed by atoms with van der Waals surface area (Å²) >= 11 is 0. The van der Waals surface area contributed by atoms with Crippen LogP contribution in [0.5, 0.6) is 0 Å². The molecule has 0 rings (SSSR count). The van der Waals surface area contributed by atoms with Gasteiger partial charge < -0.3 is 4.28 Å². The van der Waals surface area contributed by atoms with E-state index in [1.54, 1.807) is 0 Å². The van der Waals surface area contributed by atoms with Crippen molar-refractivity contribution in [1.29, 1.82) is 0 Å². The van der Waals surface area contributed by atoms with E-state index >= 15 is 0 Å². The van der Waals surface area contributed by atoms with Crippen molar-refractivity contribution in [3.05, 3.63) is 0 Å². The number of rotatable bonds is 0. The first kappa shape index (κ1) is 38.0. The summed E-state index contributed by atoms with van der Waals surface area (Å²) in [6.45, 7) is 0. The first-order chi connectivity index (χ1) is 0. The van der Waals surface area contributed by atoms with Crippen LogP contribution < -0.4 is 58.2 Å². The molecule has 0 atom stereocenters. The molecule has 0 aromatic heterocycles. The first-order valence-electron chi connectivity index (χ1n) is 0. The molecule has 0 aliphatic rings. The van der Waals surface area contributed by atoms with Crippen LogP contribution in [0.25, 0.3) is 0 Å². The second-order valence-electron chi connectivity index (χ2n) is 0. The summed E-state index contributed by atoms with van der Waals surface area (Å²) in [7, 11) is 0. The Morgan fingerprint density at radius 1 is 1.25 bits per heavy atom. The molecule has 0 spiro atoms. The molecule has 0 aliphatic carbocycles. The fourth-order valence-corrected chi connectivity index (χ4v) is 0. The van der Waals surface area contributed by atoms with Gasteiger partial charge in [-0.2, -0.15) is 0 Å². The van der Waals surface area contributed by atoms with E-state index in [-0.39, 0.29) is 85.7 Å². The van der Waals surface area contributed by atoms with Gasteiger partial charge >= 0.3 is 68.3 Å². The van der Waals surface area contributed by atoms with Crippen molar-refractivity contribution in [1.82, 2.24) is 0 Å². The Balaban J connectivity index is 0. The monoisotopic (exact) mass is 128 g/mol. The van der Waals surface area contributed by atoms with E-state index in [0.29, 0.717) is 0 Å². The molecule has 3 radical (unpaired) electrons. The average Bonchev–Trinajstić information content (AvgIpc) is 0. The zero-order valence-electron chi connectivity index (χ0n) is 5.69. The van der Waals surface area contributed by atoms with Gasteiger partial charge in [-0.05, 0) is 0 Å². The molecule has 0 saturated heterocycles. The predicted octanol–water partition coefficient (Wildman–Crippen LogP) is -3.27. The standard InChI is InChI=1S/B.Be.FH.Rb.3H/h;;1H;;;;/q;+2;;+1;3*-1. The second kappa shape index (κ2) is 20.2. The minimum Gasteiger partial charge on any atom is -1.00 e. The van der Waals surface area contributed by atoms with E-state index in [1.165, 1.54) is 0 Å². The second-order valence-corrected chi connectivity index (χ2v) is 0. The Hall–Kier alpha value is 1.97. The third kappa shape index (κ3) is 9.02. The normalized spacial score (nSPS) is 0. The van der Waals surface area contributed by atoms with E-state index in [4.69, 9.17) is 0 Å². The summed E-state index contributed by atoms with van der Waals surface area (Å²) in [5.74, 6) is 0. The van der Waals surface area contributed by atoms with E-state index in [9.17, 15) is 0 Å². The third-order valence-electron chi connectivity index (χ3n) is 0. The number of hydrogen-bond donors (Lipinski definition) is 0. The van der Waals surface area contributed by atoms with Gasteiger partial charge in [-0.3, -0.25) is 4.70 Å². The van der Waals surface area contributed by atoms with Crippen molar-refractivity contribution in [3.63, 3.8) is 0 Å². The summed E-state index contributed by atoms with van der Waals surface area (Å²) in [5.41, 5.74) is 0. The molecule has 0 unspecified atom stereocenters. The van der Waals surface area contributed by atoms with Gasteiger partial charge in [-0.15, -0.1) is 0 Å². The van der Waals surface area contributed by atoms with Crippen molar-refractivity contribution in [3.8, 4) is 0 Å². The first-order valence-corrected chi connectivity index (χ1v) is 0. The Morgan fingerprint density at radius 2 is 1.25 bits per heavy atom. The average molecular weight is 128 g/mol. The minimum atomic E-state index is 0. The minimum absolute atomic E-state index is 0. The molecular formula is H4BBeFRb. The van der Waals surface area contributed by atoms with Crippen LogP contribution in [0.15, 0.2) is 0 Å². The molecule has 4 heavy (non-hydrogen) atoms. The molecule has 4 heteroatoms. The molecule has 0 bridgehead atoms. The van der Waals surface area contributed by atoms with Crippen LogP contribution in [0, 0.1) is 0 Å². The predicted molar refractivity (Wildman–Crippen MR) is 17.3 cm³/mol. The molecule has 0 nitrogen and oxygen atoms in total. The fraction of sp³-hybridized carbons (Fsp3) is 0. The summed E-state index contributed by atoms with van der Waals surface area (Å²) < 4.78 is 0. The maximum absolute atomic E-state index is 0. The van der Waals surface area contributed by atoms with Crippen LogP contribution in [0.3, 0.4) is 0 Å². The Kier molecular flexibility index (Phi) is 192. The van der Waals surface area contributed by atoms with Gasteiger partial charge in [0.1, 0.15) is 0 Å². The summed E-state index contributed by atoms with van der Waals surface area (Å²) in [6, 6.07) is 0. The Labute approximate surface area is 84.1 Å². The van der Waals surface area contributed by atoms with Gasteiger partial charge in [0.25, 0.3) is 0 Å². The van der Waals surface area contributed by atoms with Crippen LogP contribution >= 0.6 is 0 Å². The van der Waals surface area contributed by atoms with Gasteiger partial charge in [-0.1, -0.05) is 0 Å². The quantitative estimate of drug-likeness (QED) is 0.300. The van der Waals surface area contributed by atoms with E-state index < -0.39 is 0 Å². The topological polar surface area (TPSA) is 0 Å². The molecule has 0 aliphatic heterocycles. The van der Waals surface area contributed by atoms with Gasteiger partial charge in [0.2, 0.25) is 0 Å². The zero-order chi connectivity index (χ0) is 0. The maximum atomic E-state index is 0. The molecule has 17 valence electrons.